The van der Waals surface area contributed by atoms with E-state index in [1.54, 1.807) is 4.57 Å². The normalized spacial score (nSPS) is 28.5. The van der Waals surface area contributed by atoms with E-state index in [0.29, 0.717) is 10.3 Å². The summed E-state index contributed by atoms with van der Waals surface area (Å²) in [6.07, 6.45) is 0.0712. The number of aromatic nitrogens is 2. The number of aliphatic hydroxyl groups is 2. The van der Waals surface area contributed by atoms with Crippen LogP contribution in [-0.2, 0) is 4.74 Å². The molecule has 1 aliphatic heterocycles. The summed E-state index contributed by atoms with van der Waals surface area (Å²) in [7, 11) is 0. The van der Waals surface area contributed by atoms with Crippen LogP contribution in [0.5, 0.6) is 0 Å². The summed E-state index contributed by atoms with van der Waals surface area (Å²) in [6.45, 7) is -0.244. The SMILES string of the molecule is NC(=O)c1cn(C2CC(O)C(CO)O2)c(I)n1. The number of amides is 1. The highest BCUT2D eigenvalue weighted by molar-refractivity contribution is 14.1. The molecule has 1 aliphatic rings. The Labute approximate surface area is 111 Å². The summed E-state index contributed by atoms with van der Waals surface area (Å²) < 4.78 is 7.62. The van der Waals surface area contributed by atoms with E-state index in [-0.39, 0.29) is 12.3 Å². The predicted octanol–water partition coefficient (Wildman–Crippen LogP) is -0.773. The van der Waals surface area contributed by atoms with Crippen molar-refractivity contribution in [2.45, 2.75) is 24.9 Å². The van der Waals surface area contributed by atoms with Crippen LogP contribution in [0.3, 0.4) is 0 Å². The van der Waals surface area contributed by atoms with Gasteiger partial charge in [-0.3, -0.25) is 9.36 Å². The molecular formula is C9H12IN3O4. The van der Waals surface area contributed by atoms with E-state index in [1.165, 1.54) is 6.20 Å². The molecule has 17 heavy (non-hydrogen) atoms. The lowest BCUT2D eigenvalue weighted by molar-refractivity contribution is -0.0452. The molecule has 0 spiro atoms. The van der Waals surface area contributed by atoms with Crippen molar-refractivity contribution in [1.29, 1.82) is 0 Å². The second kappa shape index (κ2) is 4.88. The number of ether oxygens (including phenoxy) is 1. The molecule has 3 unspecified atom stereocenters. The van der Waals surface area contributed by atoms with Gasteiger partial charge in [-0.2, -0.15) is 0 Å². The number of primary amides is 1. The molecule has 0 aromatic carbocycles. The summed E-state index contributed by atoms with van der Waals surface area (Å²) in [5.74, 6) is -0.612. The maximum absolute atomic E-state index is 11.0. The van der Waals surface area contributed by atoms with Crippen LogP contribution in [0.2, 0.25) is 0 Å². The zero-order valence-corrected chi connectivity index (χ0v) is 10.9. The second-order valence-electron chi connectivity index (χ2n) is 3.78. The third-order valence-corrected chi connectivity index (χ3v) is 3.43. The topological polar surface area (TPSA) is 111 Å². The minimum atomic E-state index is -0.722. The van der Waals surface area contributed by atoms with Gasteiger partial charge in [0.2, 0.25) is 0 Å². The second-order valence-corrected chi connectivity index (χ2v) is 4.75. The fourth-order valence-electron chi connectivity index (χ4n) is 1.74. The van der Waals surface area contributed by atoms with Crippen molar-refractivity contribution >= 4 is 28.5 Å². The molecule has 1 fully saturated rings. The number of nitrogens with two attached hydrogens (primary N) is 1. The van der Waals surface area contributed by atoms with E-state index in [4.69, 9.17) is 15.6 Å². The molecule has 1 aromatic heterocycles. The van der Waals surface area contributed by atoms with Crippen LogP contribution < -0.4 is 5.73 Å². The number of imidazole rings is 1. The van der Waals surface area contributed by atoms with Gasteiger partial charge in [-0.1, -0.05) is 0 Å². The number of halogens is 1. The molecule has 7 nitrogen and oxygen atoms in total. The van der Waals surface area contributed by atoms with Crippen molar-refractivity contribution in [3.8, 4) is 0 Å². The monoisotopic (exact) mass is 353 g/mol. The Hall–Kier alpha value is -0.710. The van der Waals surface area contributed by atoms with E-state index in [9.17, 15) is 9.90 Å². The van der Waals surface area contributed by atoms with Crippen molar-refractivity contribution in [2.75, 3.05) is 6.61 Å². The molecule has 1 amide bonds. The van der Waals surface area contributed by atoms with Gasteiger partial charge in [0, 0.05) is 35.2 Å². The molecule has 0 aliphatic carbocycles. The van der Waals surface area contributed by atoms with Gasteiger partial charge in [0.05, 0.1) is 12.7 Å². The van der Waals surface area contributed by atoms with Gasteiger partial charge in [0.1, 0.15) is 18.0 Å². The van der Waals surface area contributed by atoms with Crippen LogP contribution in [-0.4, -0.2) is 44.5 Å². The maximum atomic E-state index is 11.0. The average molecular weight is 353 g/mol. The van der Waals surface area contributed by atoms with Crippen LogP contribution in [0.15, 0.2) is 6.20 Å². The Bertz CT molecular complexity index is 436. The molecule has 3 atom stereocenters. The molecule has 94 valence electrons. The fourth-order valence-corrected chi connectivity index (χ4v) is 2.45. The summed E-state index contributed by atoms with van der Waals surface area (Å²) in [4.78, 5) is 15.0. The molecule has 0 bridgehead atoms. The zero-order chi connectivity index (χ0) is 12.6. The molecule has 4 N–H and O–H groups in total. The largest absolute Gasteiger partial charge is 0.394 e. The molecule has 2 heterocycles. The van der Waals surface area contributed by atoms with Crippen molar-refractivity contribution in [3.63, 3.8) is 0 Å². The van der Waals surface area contributed by atoms with Crippen LogP contribution >= 0.6 is 22.6 Å². The summed E-state index contributed by atoms with van der Waals surface area (Å²) in [5, 5.41) is 18.6. The molecule has 1 aromatic rings. The van der Waals surface area contributed by atoms with Crippen molar-refractivity contribution in [3.05, 3.63) is 15.7 Å². The number of carbonyl (C=O) groups is 1. The highest BCUT2D eigenvalue weighted by Crippen LogP contribution is 2.30. The third-order valence-electron chi connectivity index (χ3n) is 2.63. The van der Waals surface area contributed by atoms with Crippen LogP contribution in [0, 0.1) is 3.83 Å². The maximum Gasteiger partial charge on any atom is 0.268 e. The van der Waals surface area contributed by atoms with E-state index in [0.717, 1.165) is 0 Å². The first-order chi connectivity index (χ1) is 8.02. The fraction of sp³-hybridized carbons (Fsp3) is 0.556. The Morgan fingerprint density at radius 3 is 2.94 bits per heavy atom. The van der Waals surface area contributed by atoms with Crippen molar-refractivity contribution < 1.29 is 19.7 Å². The Kier molecular flexibility index (Phi) is 3.66. The van der Waals surface area contributed by atoms with Crippen LogP contribution in [0.25, 0.3) is 0 Å². The average Bonchev–Trinajstić information content (AvgIpc) is 2.81. The zero-order valence-electron chi connectivity index (χ0n) is 8.78. The highest BCUT2D eigenvalue weighted by atomic mass is 127. The standard InChI is InChI=1S/C9H12IN3O4/c10-9-12-4(8(11)16)2-13(9)7-1-5(15)6(3-14)17-7/h2,5-7,14-15H,1,3H2,(H2,11,16). The lowest BCUT2D eigenvalue weighted by atomic mass is 10.2. The molecule has 0 saturated carbocycles. The number of hydrogen-bond donors (Lipinski definition) is 3. The first kappa shape index (κ1) is 12.7. The van der Waals surface area contributed by atoms with Crippen LogP contribution in [0.4, 0.5) is 0 Å². The quantitative estimate of drug-likeness (QED) is 0.618. The van der Waals surface area contributed by atoms with E-state index in [2.05, 4.69) is 4.98 Å². The smallest absolute Gasteiger partial charge is 0.268 e. The summed E-state index contributed by atoms with van der Waals surface area (Å²) in [5.41, 5.74) is 5.28. The minimum Gasteiger partial charge on any atom is -0.394 e. The van der Waals surface area contributed by atoms with Gasteiger partial charge in [-0.25, -0.2) is 4.98 Å². The Morgan fingerprint density at radius 2 is 2.47 bits per heavy atom. The van der Waals surface area contributed by atoms with E-state index in [1.807, 2.05) is 22.6 Å². The minimum absolute atomic E-state index is 0.153. The first-order valence-electron chi connectivity index (χ1n) is 5.01. The molecule has 0 radical (unpaired) electrons. The van der Waals surface area contributed by atoms with Gasteiger partial charge >= 0.3 is 0 Å². The Balaban J connectivity index is 2.21. The Morgan fingerprint density at radius 1 is 1.76 bits per heavy atom. The number of nitrogens with zero attached hydrogens (tertiary/aromatic N) is 2. The third kappa shape index (κ3) is 2.44. The molecule has 8 heteroatoms. The van der Waals surface area contributed by atoms with Crippen molar-refractivity contribution in [1.82, 2.24) is 9.55 Å². The van der Waals surface area contributed by atoms with Gasteiger partial charge < -0.3 is 20.7 Å². The number of hydrogen-bond acceptors (Lipinski definition) is 5. The number of carbonyl (C=O) groups excluding carboxylic acids is 1. The lowest BCUT2D eigenvalue weighted by Crippen LogP contribution is -2.24. The number of aliphatic hydroxyl groups excluding tert-OH is 2. The lowest BCUT2D eigenvalue weighted by Gasteiger charge is -2.13. The van der Waals surface area contributed by atoms with Gasteiger partial charge in [-0.15, -0.1) is 0 Å². The van der Waals surface area contributed by atoms with Gasteiger partial charge in [0.15, 0.2) is 3.83 Å². The highest BCUT2D eigenvalue weighted by Gasteiger charge is 2.35. The first-order valence-corrected chi connectivity index (χ1v) is 6.09. The summed E-state index contributed by atoms with van der Waals surface area (Å²) in [6, 6.07) is 0. The van der Waals surface area contributed by atoms with Crippen LogP contribution in [0.1, 0.15) is 23.1 Å². The molecular weight excluding hydrogens is 341 g/mol. The predicted molar refractivity (Wildman–Crippen MR) is 65.1 cm³/mol. The summed E-state index contributed by atoms with van der Waals surface area (Å²) >= 11 is 1.95. The van der Waals surface area contributed by atoms with E-state index < -0.39 is 24.3 Å². The molecule has 1 saturated heterocycles. The molecule has 2 rings (SSSR count). The van der Waals surface area contributed by atoms with Gasteiger partial charge in [0.25, 0.3) is 5.91 Å². The number of rotatable bonds is 3. The van der Waals surface area contributed by atoms with Gasteiger partial charge in [-0.05, 0) is 0 Å². The van der Waals surface area contributed by atoms with Crippen molar-refractivity contribution in [2.24, 2.45) is 5.73 Å². The van der Waals surface area contributed by atoms with E-state index >= 15 is 0 Å².